The van der Waals surface area contributed by atoms with Crippen molar-refractivity contribution in [3.05, 3.63) is 66.9 Å². The van der Waals surface area contributed by atoms with Gasteiger partial charge in [-0.3, -0.25) is 4.79 Å². The predicted molar refractivity (Wildman–Crippen MR) is 156 cm³/mol. The van der Waals surface area contributed by atoms with Gasteiger partial charge >= 0.3 is 0 Å². The van der Waals surface area contributed by atoms with Gasteiger partial charge in [0.1, 0.15) is 17.2 Å². The highest BCUT2D eigenvalue weighted by atomic mass is 32.2. The topological polar surface area (TPSA) is 134 Å². The smallest absolute Gasteiger partial charge is 0.256 e. The third-order valence-corrected chi connectivity index (χ3v) is 6.89. The molecule has 1 aromatic carbocycles. The first kappa shape index (κ1) is 26.6. The van der Waals surface area contributed by atoms with Crippen LogP contribution in [0.3, 0.4) is 0 Å². The summed E-state index contributed by atoms with van der Waals surface area (Å²) in [4.78, 5) is 28.5. The van der Waals surface area contributed by atoms with Gasteiger partial charge in [0.05, 0.1) is 12.2 Å². The summed E-state index contributed by atoms with van der Waals surface area (Å²) < 4.78 is 22.2. The van der Waals surface area contributed by atoms with Crippen LogP contribution in [0.15, 0.2) is 65.7 Å². The molecule has 4 heterocycles. The first-order valence-electron chi connectivity index (χ1n) is 12.7. The number of rotatable bonds is 9. The Morgan fingerprint density at radius 2 is 1.90 bits per heavy atom. The number of fused-ring (bicyclic) bond motifs is 2. The van der Waals surface area contributed by atoms with Gasteiger partial charge in [-0.25, -0.2) is 14.2 Å². The second-order valence-electron chi connectivity index (χ2n) is 9.77. The summed E-state index contributed by atoms with van der Waals surface area (Å²) in [5.41, 5.74) is 2.20. The average molecular weight is 551 g/mol. The average Bonchev–Trinajstić information content (AvgIpc) is 3.24. The lowest BCUT2D eigenvalue weighted by Crippen LogP contribution is -2.42. The van der Waals surface area contributed by atoms with E-state index in [1.54, 1.807) is 24.3 Å². The fourth-order valence-corrected chi connectivity index (χ4v) is 5.12. The van der Waals surface area contributed by atoms with Gasteiger partial charge in [-0.1, -0.05) is 12.1 Å². The van der Waals surface area contributed by atoms with Crippen molar-refractivity contribution in [1.29, 1.82) is 0 Å². The monoisotopic (exact) mass is 550 g/mol. The predicted octanol–water partition coefficient (Wildman–Crippen LogP) is 4.25. The second-order valence-corrected chi connectivity index (χ2v) is 12.3. The SMILES string of the molecule is C=CCNC(=O)c1cnc(Nc2ccc(N3CC4CCC(C3)O4)cc2)nc1Nc1cccc(N=S(C)(C)=O)n1.[HH]. The molecule has 0 aliphatic carbocycles. The fourth-order valence-electron chi connectivity index (χ4n) is 4.56. The molecule has 2 unspecified atom stereocenters. The maximum absolute atomic E-state index is 12.8. The molecule has 0 radical (unpaired) electrons. The number of carbonyl (C=O) groups excluding carboxylic acids is 1. The zero-order valence-electron chi connectivity index (χ0n) is 22.0. The number of nitrogens with zero attached hydrogens (tertiary/aromatic N) is 5. The molecule has 0 saturated carbocycles. The van der Waals surface area contributed by atoms with E-state index >= 15 is 0 Å². The lowest BCUT2D eigenvalue weighted by atomic mass is 10.2. The number of aromatic nitrogens is 3. The third kappa shape index (κ3) is 6.89. The van der Waals surface area contributed by atoms with E-state index in [0.29, 0.717) is 36.3 Å². The van der Waals surface area contributed by atoms with Crippen LogP contribution in [-0.4, -0.2) is 69.4 Å². The van der Waals surface area contributed by atoms with Crippen LogP contribution < -0.4 is 20.9 Å². The van der Waals surface area contributed by atoms with E-state index in [9.17, 15) is 9.00 Å². The molecule has 2 fully saturated rings. The maximum atomic E-state index is 12.8. The lowest BCUT2D eigenvalue weighted by Gasteiger charge is -2.33. The van der Waals surface area contributed by atoms with Crippen LogP contribution in [-0.2, 0) is 14.5 Å². The molecule has 39 heavy (non-hydrogen) atoms. The van der Waals surface area contributed by atoms with Gasteiger partial charge in [-0.05, 0) is 49.2 Å². The summed E-state index contributed by atoms with van der Waals surface area (Å²) in [7, 11) is -2.39. The van der Waals surface area contributed by atoms with Crippen molar-refractivity contribution in [3.8, 4) is 0 Å². The molecular weight excluding hydrogens is 516 g/mol. The number of anilines is 5. The Kier molecular flexibility index (Phi) is 7.75. The number of morpholine rings is 1. The number of hydrogen-bond donors (Lipinski definition) is 3. The molecule has 12 heteroatoms. The van der Waals surface area contributed by atoms with Crippen LogP contribution in [0.2, 0.25) is 0 Å². The summed E-state index contributed by atoms with van der Waals surface area (Å²) >= 11 is 0. The van der Waals surface area contributed by atoms with Crippen molar-refractivity contribution in [2.24, 2.45) is 4.36 Å². The van der Waals surface area contributed by atoms with E-state index in [-0.39, 0.29) is 18.7 Å². The molecule has 2 aliphatic heterocycles. The van der Waals surface area contributed by atoms with Crippen molar-refractivity contribution in [2.45, 2.75) is 25.0 Å². The van der Waals surface area contributed by atoms with E-state index in [1.807, 2.05) is 12.1 Å². The zero-order valence-corrected chi connectivity index (χ0v) is 22.8. The Morgan fingerprint density at radius 1 is 1.15 bits per heavy atom. The minimum Gasteiger partial charge on any atom is -0.371 e. The standard InChI is InChI=1S/C27H32N8O3S.H2/c1-4-14-28-26(36)22-15-29-27(33-25(22)32-23-6-5-7-24(31-23)34-39(2,3)37)30-18-8-10-19(11-9-18)35-16-20-12-13-21(17-35)38-20;/h4-11,15,20-21H,1,12-14,16-17H2,2-3H3,(H,28,36)(H2,29,30,31,32,33);1H. The van der Waals surface area contributed by atoms with Gasteiger partial charge in [0.25, 0.3) is 5.91 Å². The largest absolute Gasteiger partial charge is 0.371 e. The van der Waals surface area contributed by atoms with E-state index < -0.39 is 9.73 Å². The Bertz CT molecular complexity index is 1470. The number of carbonyl (C=O) groups is 1. The van der Waals surface area contributed by atoms with Gasteiger partial charge in [-0.2, -0.15) is 9.35 Å². The van der Waals surface area contributed by atoms with Gasteiger partial charge in [0, 0.05) is 60.9 Å². The van der Waals surface area contributed by atoms with Crippen LogP contribution in [0.1, 0.15) is 24.6 Å². The number of benzene rings is 1. The summed E-state index contributed by atoms with van der Waals surface area (Å²) in [6.07, 6.45) is 9.01. The Labute approximate surface area is 229 Å². The Balaban J connectivity index is 0.00000370. The van der Waals surface area contributed by atoms with Gasteiger partial charge in [-0.15, -0.1) is 6.58 Å². The van der Waals surface area contributed by atoms with Crippen molar-refractivity contribution in [2.75, 3.05) is 47.7 Å². The van der Waals surface area contributed by atoms with Crippen molar-refractivity contribution < 1.29 is 15.2 Å². The number of pyridine rings is 1. The minimum absolute atomic E-state index is 0. The maximum Gasteiger partial charge on any atom is 0.256 e. The second kappa shape index (κ2) is 11.4. The Morgan fingerprint density at radius 3 is 2.59 bits per heavy atom. The fraction of sp³-hybridized carbons (Fsp3) is 0.333. The molecule has 206 valence electrons. The van der Waals surface area contributed by atoms with Crippen molar-refractivity contribution in [1.82, 2.24) is 20.3 Å². The summed E-state index contributed by atoms with van der Waals surface area (Å²) in [5.74, 6) is 0.909. The molecule has 0 spiro atoms. The highest BCUT2D eigenvalue weighted by Gasteiger charge is 2.33. The molecule has 3 N–H and O–H groups in total. The number of amides is 1. The van der Waals surface area contributed by atoms with Crippen LogP contribution in [0.4, 0.5) is 34.8 Å². The molecule has 3 aromatic rings. The van der Waals surface area contributed by atoms with Crippen molar-refractivity contribution in [3.63, 3.8) is 0 Å². The molecule has 5 rings (SSSR count). The highest BCUT2D eigenvalue weighted by Crippen LogP contribution is 2.30. The third-order valence-electron chi connectivity index (χ3n) is 6.27. The first-order valence-corrected chi connectivity index (χ1v) is 15.0. The summed E-state index contributed by atoms with van der Waals surface area (Å²) in [5, 5.41) is 9.05. The van der Waals surface area contributed by atoms with Gasteiger partial charge < -0.3 is 25.6 Å². The minimum atomic E-state index is -2.39. The summed E-state index contributed by atoms with van der Waals surface area (Å²) in [6, 6.07) is 13.2. The van der Waals surface area contributed by atoms with Crippen LogP contribution >= 0.6 is 0 Å². The number of hydrogen-bond acceptors (Lipinski definition) is 10. The lowest BCUT2D eigenvalue weighted by molar-refractivity contribution is 0.0305. The van der Waals surface area contributed by atoms with Gasteiger partial charge in [0.15, 0.2) is 5.82 Å². The molecule has 2 atom stereocenters. The number of nitrogens with one attached hydrogen (secondary N) is 3. The Hall–Kier alpha value is -4.03. The molecular formula is C27H34N8O3S. The van der Waals surface area contributed by atoms with E-state index in [1.165, 1.54) is 18.7 Å². The van der Waals surface area contributed by atoms with Crippen molar-refractivity contribution >= 4 is 50.4 Å². The first-order chi connectivity index (χ1) is 18.8. The molecule has 11 nitrogen and oxygen atoms in total. The zero-order chi connectivity index (χ0) is 27.4. The molecule has 2 aliphatic rings. The molecule has 1 amide bonds. The number of ether oxygens (including phenoxy) is 1. The normalized spacial score (nSPS) is 18.4. The van der Waals surface area contributed by atoms with Gasteiger partial charge in [0.2, 0.25) is 5.95 Å². The quantitative estimate of drug-likeness (QED) is 0.334. The van der Waals surface area contributed by atoms with Crippen LogP contribution in [0.5, 0.6) is 0 Å². The summed E-state index contributed by atoms with van der Waals surface area (Å²) in [6.45, 7) is 5.75. The van der Waals surface area contributed by atoms with E-state index in [2.05, 4.69) is 58.9 Å². The molecule has 2 aromatic heterocycles. The van der Waals surface area contributed by atoms with Crippen LogP contribution in [0, 0.1) is 0 Å². The van der Waals surface area contributed by atoms with E-state index in [0.717, 1.165) is 37.3 Å². The van der Waals surface area contributed by atoms with E-state index in [4.69, 9.17) is 4.74 Å². The highest BCUT2D eigenvalue weighted by molar-refractivity contribution is 7.92. The molecule has 2 bridgehead atoms. The molecule has 2 saturated heterocycles. The van der Waals surface area contributed by atoms with Crippen LogP contribution in [0.25, 0.3) is 0 Å².